The van der Waals surface area contributed by atoms with Crippen molar-refractivity contribution >= 4 is 6.09 Å². The normalized spacial score (nSPS) is 13.6. The maximum Gasteiger partial charge on any atom is 0.407 e. The molecular weight excluding hydrogens is 172 g/mol. The monoisotopic (exact) mass is 190 g/mol. The minimum absolute atomic E-state index is 0.0262. The van der Waals surface area contributed by atoms with E-state index in [1.807, 2.05) is 20.8 Å². The van der Waals surface area contributed by atoms with Gasteiger partial charge in [-0.05, 0) is 20.8 Å². The van der Waals surface area contributed by atoms with Crippen molar-refractivity contribution in [2.45, 2.75) is 32.4 Å². The van der Waals surface area contributed by atoms with Gasteiger partial charge in [0.05, 0.1) is 12.6 Å². The molecule has 0 aliphatic rings. The predicted octanol–water partition coefficient (Wildman–Crippen LogP) is -0.169. The number of aliphatic hydroxyl groups excluding tert-OH is 1. The van der Waals surface area contributed by atoms with E-state index in [-0.39, 0.29) is 18.8 Å². The third kappa shape index (κ3) is 7.55. The van der Waals surface area contributed by atoms with Crippen LogP contribution in [0.4, 0.5) is 4.79 Å². The van der Waals surface area contributed by atoms with Gasteiger partial charge < -0.3 is 20.9 Å². The molecule has 0 radical (unpaired) electrons. The molecule has 0 rings (SSSR count). The first-order chi connectivity index (χ1) is 5.85. The molecule has 0 aliphatic carbocycles. The molecule has 0 spiro atoms. The summed E-state index contributed by atoms with van der Waals surface area (Å²) in [6, 6.07) is -0.509. The Balaban J connectivity index is 3.64. The Morgan fingerprint density at radius 2 is 2.15 bits per heavy atom. The van der Waals surface area contributed by atoms with Crippen LogP contribution in [0.25, 0.3) is 0 Å². The molecule has 0 saturated carbocycles. The van der Waals surface area contributed by atoms with E-state index in [1.54, 1.807) is 0 Å². The van der Waals surface area contributed by atoms with E-state index >= 15 is 0 Å². The second-order valence-electron chi connectivity index (χ2n) is 3.92. The number of carbonyl (C=O) groups excluding carboxylic acids is 1. The third-order valence-corrected chi connectivity index (χ3v) is 1.14. The number of nitrogens with two attached hydrogens (primary N) is 1. The number of nitrogens with one attached hydrogen (secondary N) is 1. The van der Waals surface area contributed by atoms with Gasteiger partial charge in [0.1, 0.15) is 6.61 Å². The van der Waals surface area contributed by atoms with Crippen molar-refractivity contribution < 1.29 is 14.6 Å². The van der Waals surface area contributed by atoms with Crippen LogP contribution in [-0.4, -0.2) is 36.0 Å². The lowest BCUT2D eigenvalue weighted by Crippen LogP contribution is -2.42. The Hall–Kier alpha value is -0.810. The Labute approximate surface area is 78.3 Å². The summed E-state index contributed by atoms with van der Waals surface area (Å²) in [6.45, 7) is 5.38. The molecular formula is C8H18N2O3. The summed E-state index contributed by atoms with van der Waals surface area (Å²) in [6.07, 6.45) is -0.517. The third-order valence-electron chi connectivity index (χ3n) is 1.14. The molecule has 0 aromatic heterocycles. The smallest absolute Gasteiger partial charge is 0.407 e. The van der Waals surface area contributed by atoms with Crippen LogP contribution in [0.1, 0.15) is 20.8 Å². The summed E-state index contributed by atoms with van der Waals surface area (Å²) < 4.78 is 4.74. The molecule has 5 heteroatoms. The lowest BCUT2D eigenvalue weighted by Gasteiger charge is -2.20. The van der Waals surface area contributed by atoms with Crippen molar-refractivity contribution in [2.75, 3.05) is 13.2 Å². The zero-order valence-corrected chi connectivity index (χ0v) is 8.33. The Morgan fingerprint density at radius 3 is 2.54 bits per heavy atom. The van der Waals surface area contributed by atoms with E-state index in [0.717, 1.165) is 0 Å². The molecule has 0 saturated heterocycles. The van der Waals surface area contributed by atoms with Crippen LogP contribution in [0.5, 0.6) is 0 Å². The van der Waals surface area contributed by atoms with Gasteiger partial charge in [0.2, 0.25) is 0 Å². The summed E-state index contributed by atoms with van der Waals surface area (Å²) >= 11 is 0. The molecule has 78 valence electrons. The van der Waals surface area contributed by atoms with Gasteiger partial charge in [0, 0.05) is 5.54 Å². The van der Waals surface area contributed by atoms with Crippen molar-refractivity contribution in [1.82, 2.24) is 5.32 Å². The summed E-state index contributed by atoms with van der Waals surface area (Å²) in [5, 5.41) is 11.1. The molecule has 0 aliphatic heterocycles. The van der Waals surface area contributed by atoms with Gasteiger partial charge in [0.25, 0.3) is 0 Å². The largest absolute Gasteiger partial charge is 0.448 e. The first-order valence-electron chi connectivity index (χ1n) is 4.16. The van der Waals surface area contributed by atoms with E-state index in [0.29, 0.717) is 0 Å². The molecule has 5 nitrogen and oxygen atoms in total. The molecule has 0 fully saturated rings. The van der Waals surface area contributed by atoms with E-state index in [4.69, 9.17) is 15.6 Å². The van der Waals surface area contributed by atoms with Crippen LogP contribution in [0.2, 0.25) is 0 Å². The van der Waals surface area contributed by atoms with Crippen LogP contribution in [0.15, 0.2) is 0 Å². The SMILES string of the molecule is CC(C)(C)NC(=O)OC[C@@H](N)CO. The van der Waals surface area contributed by atoms with Gasteiger partial charge in [-0.2, -0.15) is 0 Å². The predicted molar refractivity (Wildman–Crippen MR) is 49.3 cm³/mol. The summed E-state index contributed by atoms with van der Waals surface area (Å²) in [4.78, 5) is 11.0. The zero-order chi connectivity index (χ0) is 10.5. The van der Waals surface area contributed by atoms with Gasteiger partial charge in [-0.25, -0.2) is 4.79 Å². The van der Waals surface area contributed by atoms with Crippen LogP contribution in [-0.2, 0) is 4.74 Å². The van der Waals surface area contributed by atoms with E-state index in [9.17, 15) is 4.79 Å². The highest BCUT2D eigenvalue weighted by atomic mass is 16.5. The van der Waals surface area contributed by atoms with E-state index in [2.05, 4.69) is 5.32 Å². The van der Waals surface area contributed by atoms with E-state index < -0.39 is 12.1 Å². The maximum absolute atomic E-state index is 11.0. The molecule has 1 amide bonds. The van der Waals surface area contributed by atoms with Crippen LogP contribution >= 0.6 is 0 Å². The summed E-state index contributed by atoms with van der Waals surface area (Å²) in [5.41, 5.74) is 5.01. The van der Waals surface area contributed by atoms with Crippen LogP contribution in [0.3, 0.4) is 0 Å². The molecule has 0 heterocycles. The molecule has 4 N–H and O–H groups in total. The topological polar surface area (TPSA) is 84.6 Å². The highest BCUT2D eigenvalue weighted by Crippen LogP contribution is 1.98. The maximum atomic E-state index is 11.0. The van der Waals surface area contributed by atoms with Gasteiger partial charge in [-0.3, -0.25) is 0 Å². The number of ether oxygens (including phenoxy) is 1. The molecule has 1 atom stereocenters. The van der Waals surface area contributed by atoms with Gasteiger partial charge >= 0.3 is 6.09 Å². The van der Waals surface area contributed by atoms with Crippen LogP contribution < -0.4 is 11.1 Å². The highest BCUT2D eigenvalue weighted by molar-refractivity contribution is 5.68. The van der Waals surface area contributed by atoms with Crippen LogP contribution in [0, 0.1) is 0 Å². The first kappa shape index (κ1) is 12.2. The van der Waals surface area contributed by atoms with Crippen molar-refractivity contribution in [1.29, 1.82) is 0 Å². The minimum atomic E-state index is -0.517. The summed E-state index contributed by atoms with van der Waals surface area (Å²) in [7, 11) is 0. The highest BCUT2D eigenvalue weighted by Gasteiger charge is 2.15. The Kier molecular flexibility index (Phi) is 4.72. The standard InChI is InChI=1S/C8H18N2O3/c1-8(2,3)10-7(12)13-5-6(9)4-11/h6,11H,4-5,9H2,1-3H3,(H,10,12)/t6-/m0/s1. The molecule has 13 heavy (non-hydrogen) atoms. The van der Waals surface area contributed by atoms with Crippen molar-refractivity contribution in [3.8, 4) is 0 Å². The molecule has 0 aromatic carbocycles. The fourth-order valence-electron chi connectivity index (χ4n) is 0.578. The number of amides is 1. The van der Waals surface area contributed by atoms with Crippen molar-refractivity contribution in [2.24, 2.45) is 5.73 Å². The number of carbonyl (C=O) groups is 1. The Morgan fingerprint density at radius 1 is 1.62 bits per heavy atom. The number of alkyl carbamates (subject to hydrolysis) is 1. The second kappa shape index (κ2) is 5.04. The van der Waals surface area contributed by atoms with Crippen molar-refractivity contribution in [3.05, 3.63) is 0 Å². The fourth-order valence-corrected chi connectivity index (χ4v) is 0.578. The first-order valence-corrected chi connectivity index (χ1v) is 4.16. The number of aliphatic hydroxyl groups is 1. The molecule has 0 aromatic rings. The van der Waals surface area contributed by atoms with Gasteiger partial charge in [-0.15, -0.1) is 0 Å². The lowest BCUT2D eigenvalue weighted by molar-refractivity contribution is 0.119. The number of rotatable bonds is 3. The van der Waals surface area contributed by atoms with Gasteiger partial charge in [0.15, 0.2) is 0 Å². The Bertz CT molecular complexity index is 165. The quantitative estimate of drug-likeness (QED) is 0.577. The average molecular weight is 190 g/mol. The average Bonchev–Trinajstić information content (AvgIpc) is 1.97. The number of hydrogen-bond acceptors (Lipinski definition) is 4. The van der Waals surface area contributed by atoms with E-state index in [1.165, 1.54) is 0 Å². The number of hydrogen-bond donors (Lipinski definition) is 3. The molecule has 0 bridgehead atoms. The van der Waals surface area contributed by atoms with Crippen molar-refractivity contribution in [3.63, 3.8) is 0 Å². The molecule has 0 unspecified atom stereocenters. The lowest BCUT2D eigenvalue weighted by atomic mass is 10.1. The summed E-state index contributed by atoms with van der Waals surface area (Å²) in [5.74, 6) is 0. The fraction of sp³-hybridized carbons (Fsp3) is 0.875. The minimum Gasteiger partial charge on any atom is -0.448 e. The zero-order valence-electron chi connectivity index (χ0n) is 8.33. The second-order valence-corrected chi connectivity index (χ2v) is 3.92. The van der Waals surface area contributed by atoms with Gasteiger partial charge in [-0.1, -0.05) is 0 Å².